The summed E-state index contributed by atoms with van der Waals surface area (Å²) in [4.78, 5) is 12.1. The van der Waals surface area contributed by atoms with Crippen LogP contribution in [0.4, 0.5) is 10.5 Å². The van der Waals surface area contributed by atoms with Crippen LogP contribution in [0.2, 0.25) is 0 Å². The van der Waals surface area contributed by atoms with E-state index in [9.17, 15) is 13.2 Å². The monoisotopic (exact) mass is 354 g/mol. The molecule has 0 radical (unpaired) electrons. The molecule has 1 aromatic rings. The summed E-state index contributed by atoms with van der Waals surface area (Å²) in [5, 5.41) is 5.83. The van der Waals surface area contributed by atoms with E-state index in [-0.39, 0.29) is 24.4 Å². The Morgan fingerprint density at radius 3 is 2.58 bits per heavy atom. The van der Waals surface area contributed by atoms with Crippen molar-refractivity contribution in [3.8, 4) is 5.75 Å². The van der Waals surface area contributed by atoms with E-state index in [4.69, 9.17) is 4.74 Å². The molecule has 1 aliphatic rings. The van der Waals surface area contributed by atoms with Crippen LogP contribution in [0.3, 0.4) is 0 Å². The molecule has 0 unspecified atom stereocenters. The van der Waals surface area contributed by atoms with Gasteiger partial charge >= 0.3 is 6.03 Å². The number of carbonyl (C=O) groups is 1. The molecule has 1 fully saturated rings. The Morgan fingerprint density at radius 1 is 1.21 bits per heavy atom. The number of benzene rings is 1. The molecule has 0 aliphatic heterocycles. The van der Waals surface area contributed by atoms with Crippen molar-refractivity contribution in [3.63, 3.8) is 0 Å². The highest BCUT2D eigenvalue weighted by Gasteiger charge is 2.14. The Hall–Kier alpha value is -1.76. The minimum atomic E-state index is -3.05. The number of carbonyl (C=O) groups excluding carboxylic acids is 1. The summed E-state index contributed by atoms with van der Waals surface area (Å²) in [6, 6.07) is 6.98. The number of rotatable bonds is 6. The normalized spacial score (nSPS) is 16.2. The third-order valence-corrected chi connectivity index (χ3v) is 4.91. The minimum Gasteiger partial charge on any atom is -0.492 e. The summed E-state index contributed by atoms with van der Waals surface area (Å²) in [5.41, 5.74) is 0.623. The maximum absolute atomic E-state index is 12.1. The average Bonchev–Trinajstić information content (AvgIpc) is 2.75. The van der Waals surface area contributed by atoms with Crippen molar-refractivity contribution in [2.75, 3.05) is 23.9 Å². The van der Waals surface area contributed by atoms with Crippen LogP contribution in [-0.4, -0.2) is 39.1 Å². The number of hydrogen-bond acceptors (Lipinski definition) is 4. The topological polar surface area (TPSA) is 84.5 Å². The number of sulfone groups is 1. The molecule has 1 aromatic carbocycles. The van der Waals surface area contributed by atoms with Crippen LogP contribution in [-0.2, 0) is 9.84 Å². The third-order valence-electron chi connectivity index (χ3n) is 4.01. The fourth-order valence-electron chi connectivity index (χ4n) is 2.75. The van der Waals surface area contributed by atoms with Crippen LogP contribution in [0.25, 0.3) is 0 Å². The van der Waals surface area contributed by atoms with Gasteiger partial charge in [0.1, 0.15) is 12.4 Å². The molecule has 1 aliphatic carbocycles. The predicted molar refractivity (Wildman–Crippen MR) is 95.3 cm³/mol. The van der Waals surface area contributed by atoms with Crippen molar-refractivity contribution < 1.29 is 17.9 Å². The van der Waals surface area contributed by atoms with Gasteiger partial charge in [-0.15, -0.1) is 0 Å². The lowest BCUT2D eigenvalue weighted by molar-refractivity contribution is 0.247. The second-order valence-electron chi connectivity index (χ2n) is 6.29. The molecule has 0 heterocycles. The Labute approximate surface area is 143 Å². The minimum absolute atomic E-state index is 0.0349. The Kier molecular flexibility index (Phi) is 6.90. The number of ether oxygens (including phenoxy) is 1. The maximum atomic E-state index is 12.1. The molecule has 0 aromatic heterocycles. The lowest BCUT2D eigenvalue weighted by Gasteiger charge is -2.17. The summed E-state index contributed by atoms with van der Waals surface area (Å²) in [6.07, 6.45) is 8.04. The van der Waals surface area contributed by atoms with Gasteiger partial charge in [-0.1, -0.05) is 31.7 Å². The second-order valence-corrected chi connectivity index (χ2v) is 8.55. The Morgan fingerprint density at radius 2 is 1.92 bits per heavy atom. The summed E-state index contributed by atoms with van der Waals surface area (Å²) in [5.74, 6) is 0.498. The first-order valence-corrected chi connectivity index (χ1v) is 10.5. The van der Waals surface area contributed by atoms with Crippen LogP contribution < -0.4 is 15.4 Å². The van der Waals surface area contributed by atoms with Crippen molar-refractivity contribution in [1.82, 2.24) is 5.32 Å². The molecule has 0 bridgehead atoms. The lowest BCUT2D eigenvalue weighted by Crippen LogP contribution is -2.37. The van der Waals surface area contributed by atoms with Gasteiger partial charge in [0, 0.05) is 24.1 Å². The van der Waals surface area contributed by atoms with Crippen molar-refractivity contribution in [1.29, 1.82) is 0 Å². The van der Waals surface area contributed by atoms with E-state index in [1.807, 2.05) is 0 Å². The zero-order valence-electron chi connectivity index (χ0n) is 14.1. The fraction of sp³-hybridized carbons (Fsp3) is 0.588. The summed E-state index contributed by atoms with van der Waals surface area (Å²) in [7, 11) is -3.05. The molecule has 2 rings (SSSR count). The Balaban J connectivity index is 1.83. The highest BCUT2D eigenvalue weighted by atomic mass is 32.2. The molecule has 134 valence electrons. The van der Waals surface area contributed by atoms with Gasteiger partial charge in [0.05, 0.1) is 5.75 Å². The van der Waals surface area contributed by atoms with Gasteiger partial charge in [0.2, 0.25) is 0 Å². The zero-order valence-corrected chi connectivity index (χ0v) is 14.9. The second kappa shape index (κ2) is 8.92. The highest BCUT2D eigenvalue weighted by molar-refractivity contribution is 7.90. The molecule has 2 amide bonds. The van der Waals surface area contributed by atoms with Crippen LogP contribution in [0, 0.1) is 0 Å². The van der Waals surface area contributed by atoms with Crippen LogP contribution in [0.15, 0.2) is 24.3 Å². The molecule has 0 saturated heterocycles. The van der Waals surface area contributed by atoms with Crippen LogP contribution in [0.1, 0.15) is 38.5 Å². The van der Waals surface area contributed by atoms with Crippen molar-refractivity contribution >= 4 is 21.6 Å². The first-order valence-electron chi connectivity index (χ1n) is 8.40. The van der Waals surface area contributed by atoms with Crippen LogP contribution >= 0.6 is 0 Å². The first-order chi connectivity index (χ1) is 11.4. The zero-order chi connectivity index (χ0) is 17.4. The number of hydrogen-bond donors (Lipinski definition) is 2. The van der Waals surface area contributed by atoms with E-state index in [0.717, 1.165) is 25.7 Å². The fourth-order valence-corrected chi connectivity index (χ4v) is 3.14. The smallest absolute Gasteiger partial charge is 0.319 e. The van der Waals surface area contributed by atoms with Gasteiger partial charge in [-0.3, -0.25) is 0 Å². The lowest BCUT2D eigenvalue weighted by atomic mass is 10.1. The molecule has 24 heavy (non-hydrogen) atoms. The average molecular weight is 354 g/mol. The van der Waals surface area contributed by atoms with E-state index >= 15 is 0 Å². The SMILES string of the molecule is CS(=O)(=O)CCOc1cccc(NC(=O)NC2CCCCCC2)c1. The van der Waals surface area contributed by atoms with Crippen molar-refractivity contribution in [2.24, 2.45) is 0 Å². The van der Waals surface area contributed by atoms with E-state index in [1.54, 1.807) is 24.3 Å². The molecular weight excluding hydrogens is 328 g/mol. The summed E-state index contributed by atoms with van der Waals surface area (Å²) >= 11 is 0. The van der Waals surface area contributed by atoms with Crippen molar-refractivity contribution in [2.45, 2.75) is 44.6 Å². The number of nitrogens with one attached hydrogen (secondary N) is 2. The first kappa shape index (κ1) is 18.6. The van der Waals surface area contributed by atoms with E-state index in [0.29, 0.717) is 11.4 Å². The largest absolute Gasteiger partial charge is 0.492 e. The standard InChI is InChI=1S/C17H26N2O4S/c1-24(21,22)12-11-23-16-10-6-9-15(13-16)19-17(20)18-14-7-4-2-3-5-8-14/h6,9-10,13-14H,2-5,7-8,11-12H2,1H3,(H2,18,19,20). The van der Waals surface area contributed by atoms with Crippen LogP contribution in [0.5, 0.6) is 5.75 Å². The molecule has 0 atom stereocenters. The van der Waals surface area contributed by atoms with E-state index in [1.165, 1.54) is 19.1 Å². The quantitative estimate of drug-likeness (QED) is 0.769. The van der Waals surface area contributed by atoms with Gasteiger partial charge in [0.25, 0.3) is 0 Å². The maximum Gasteiger partial charge on any atom is 0.319 e. The van der Waals surface area contributed by atoms with Gasteiger partial charge in [-0.2, -0.15) is 0 Å². The van der Waals surface area contributed by atoms with Crippen molar-refractivity contribution in [3.05, 3.63) is 24.3 Å². The summed E-state index contributed by atoms with van der Waals surface area (Å²) in [6.45, 7) is 0.0938. The van der Waals surface area contributed by atoms with E-state index < -0.39 is 9.84 Å². The molecule has 6 nitrogen and oxygen atoms in total. The van der Waals surface area contributed by atoms with Gasteiger partial charge in [-0.25, -0.2) is 13.2 Å². The van der Waals surface area contributed by atoms with E-state index in [2.05, 4.69) is 10.6 Å². The van der Waals surface area contributed by atoms with Gasteiger partial charge < -0.3 is 15.4 Å². The number of amides is 2. The summed E-state index contributed by atoms with van der Waals surface area (Å²) < 4.78 is 27.6. The number of urea groups is 1. The van der Waals surface area contributed by atoms with Gasteiger partial charge in [-0.05, 0) is 25.0 Å². The molecule has 1 saturated carbocycles. The molecule has 0 spiro atoms. The highest BCUT2D eigenvalue weighted by Crippen LogP contribution is 2.19. The Bertz CT molecular complexity index is 638. The molecule has 7 heteroatoms. The number of anilines is 1. The molecular formula is C17H26N2O4S. The predicted octanol–water partition coefficient (Wildman–Crippen LogP) is 2.95. The third kappa shape index (κ3) is 7.21. The molecule has 2 N–H and O–H groups in total. The van der Waals surface area contributed by atoms with Gasteiger partial charge in [0.15, 0.2) is 9.84 Å².